The standard InChI is InChI=1S/C12H15BrN2O/c1-7-5-9(6-8(2)11(7)13)15-4-3-10(14)12(15)16/h5-6,10H,3-4,14H2,1-2H3. The first kappa shape index (κ1) is 11.6. The molecule has 1 aromatic rings. The molecule has 1 aliphatic rings. The summed E-state index contributed by atoms with van der Waals surface area (Å²) in [5.74, 6) is 0.0288. The quantitative estimate of drug-likeness (QED) is 0.858. The second kappa shape index (κ2) is 4.18. The summed E-state index contributed by atoms with van der Waals surface area (Å²) in [5.41, 5.74) is 8.95. The van der Waals surface area contributed by atoms with Crippen molar-refractivity contribution in [3.63, 3.8) is 0 Å². The number of amides is 1. The first-order valence-electron chi connectivity index (χ1n) is 5.34. The van der Waals surface area contributed by atoms with Crippen molar-refractivity contribution in [2.45, 2.75) is 26.3 Å². The molecule has 1 unspecified atom stereocenters. The van der Waals surface area contributed by atoms with Gasteiger partial charge in [-0.15, -0.1) is 0 Å². The fourth-order valence-electron chi connectivity index (χ4n) is 2.04. The van der Waals surface area contributed by atoms with Crippen molar-refractivity contribution in [3.8, 4) is 0 Å². The molecule has 4 heteroatoms. The van der Waals surface area contributed by atoms with E-state index in [1.54, 1.807) is 4.90 Å². The Morgan fingerprint density at radius 2 is 1.94 bits per heavy atom. The Morgan fingerprint density at radius 3 is 2.38 bits per heavy atom. The zero-order chi connectivity index (χ0) is 11.9. The van der Waals surface area contributed by atoms with Crippen molar-refractivity contribution in [2.24, 2.45) is 5.73 Å². The maximum atomic E-state index is 11.8. The van der Waals surface area contributed by atoms with E-state index in [0.29, 0.717) is 0 Å². The summed E-state index contributed by atoms with van der Waals surface area (Å²) in [4.78, 5) is 13.6. The van der Waals surface area contributed by atoms with Crippen LogP contribution in [0.1, 0.15) is 17.5 Å². The zero-order valence-electron chi connectivity index (χ0n) is 9.46. The van der Waals surface area contributed by atoms with E-state index in [4.69, 9.17) is 5.73 Å². The van der Waals surface area contributed by atoms with Gasteiger partial charge in [0.25, 0.3) is 0 Å². The topological polar surface area (TPSA) is 46.3 Å². The molecule has 2 rings (SSSR count). The summed E-state index contributed by atoms with van der Waals surface area (Å²) >= 11 is 3.52. The lowest BCUT2D eigenvalue weighted by Crippen LogP contribution is -2.34. The lowest BCUT2D eigenvalue weighted by Gasteiger charge is -2.18. The number of hydrogen-bond donors (Lipinski definition) is 1. The molecular formula is C12H15BrN2O. The van der Waals surface area contributed by atoms with Gasteiger partial charge in [0, 0.05) is 16.7 Å². The van der Waals surface area contributed by atoms with E-state index in [1.807, 2.05) is 26.0 Å². The fourth-order valence-corrected chi connectivity index (χ4v) is 2.27. The Balaban J connectivity index is 2.39. The maximum absolute atomic E-state index is 11.8. The highest BCUT2D eigenvalue weighted by Gasteiger charge is 2.29. The van der Waals surface area contributed by atoms with Crippen molar-refractivity contribution < 1.29 is 4.79 Å². The molecule has 86 valence electrons. The third kappa shape index (κ3) is 1.87. The maximum Gasteiger partial charge on any atom is 0.243 e. The predicted octanol–water partition coefficient (Wildman–Crippen LogP) is 2.13. The molecule has 3 nitrogen and oxygen atoms in total. The summed E-state index contributed by atoms with van der Waals surface area (Å²) in [6.45, 7) is 4.78. The lowest BCUT2D eigenvalue weighted by atomic mass is 10.1. The van der Waals surface area contributed by atoms with E-state index in [2.05, 4.69) is 15.9 Å². The molecule has 1 atom stereocenters. The molecule has 0 saturated carbocycles. The van der Waals surface area contributed by atoms with E-state index in [0.717, 1.165) is 34.3 Å². The third-order valence-corrected chi connectivity index (χ3v) is 4.23. The number of carbonyl (C=O) groups is 1. The normalized spacial score (nSPS) is 20.6. The molecule has 1 aliphatic heterocycles. The van der Waals surface area contributed by atoms with E-state index in [-0.39, 0.29) is 11.9 Å². The van der Waals surface area contributed by atoms with Crippen molar-refractivity contribution in [1.82, 2.24) is 0 Å². The summed E-state index contributed by atoms with van der Waals surface area (Å²) < 4.78 is 1.10. The lowest BCUT2D eigenvalue weighted by molar-refractivity contribution is -0.118. The Labute approximate surface area is 104 Å². The van der Waals surface area contributed by atoms with Crippen molar-refractivity contribution in [3.05, 3.63) is 27.7 Å². The van der Waals surface area contributed by atoms with Crippen LogP contribution in [0.2, 0.25) is 0 Å². The number of aryl methyl sites for hydroxylation is 2. The van der Waals surface area contributed by atoms with Gasteiger partial charge in [-0.05, 0) is 43.5 Å². The SMILES string of the molecule is Cc1cc(N2CCC(N)C2=O)cc(C)c1Br. The third-order valence-electron chi connectivity index (χ3n) is 2.98. The number of anilines is 1. The van der Waals surface area contributed by atoms with Crippen LogP contribution >= 0.6 is 15.9 Å². The molecule has 0 aliphatic carbocycles. The molecular weight excluding hydrogens is 268 g/mol. The number of hydrogen-bond acceptors (Lipinski definition) is 2. The van der Waals surface area contributed by atoms with E-state index in [1.165, 1.54) is 0 Å². The van der Waals surface area contributed by atoms with Gasteiger partial charge < -0.3 is 10.6 Å². The molecule has 0 bridgehead atoms. The zero-order valence-corrected chi connectivity index (χ0v) is 11.0. The smallest absolute Gasteiger partial charge is 0.243 e. The van der Waals surface area contributed by atoms with Gasteiger partial charge >= 0.3 is 0 Å². The minimum atomic E-state index is -0.329. The number of halogens is 1. The van der Waals surface area contributed by atoms with Crippen LogP contribution in [0.15, 0.2) is 16.6 Å². The monoisotopic (exact) mass is 282 g/mol. The number of rotatable bonds is 1. The molecule has 1 fully saturated rings. The molecule has 0 spiro atoms. The minimum absolute atomic E-state index is 0.0288. The Hall–Kier alpha value is -0.870. The van der Waals surface area contributed by atoms with Crippen LogP contribution in [0.4, 0.5) is 5.69 Å². The van der Waals surface area contributed by atoms with Gasteiger partial charge in [-0.25, -0.2) is 0 Å². The Morgan fingerprint density at radius 1 is 1.38 bits per heavy atom. The summed E-state index contributed by atoms with van der Waals surface area (Å²) in [6.07, 6.45) is 0.743. The Kier molecular flexibility index (Phi) is 3.04. The van der Waals surface area contributed by atoms with Gasteiger partial charge in [0.05, 0.1) is 6.04 Å². The van der Waals surface area contributed by atoms with Crippen molar-refractivity contribution >= 4 is 27.5 Å². The van der Waals surface area contributed by atoms with Crippen LogP contribution in [-0.2, 0) is 4.79 Å². The van der Waals surface area contributed by atoms with Crippen LogP contribution in [0.3, 0.4) is 0 Å². The first-order valence-corrected chi connectivity index (χ1v) is 6.13. The van der Waals surface area contributed by atoms with Gasteiger partial charge in [-0.3, -0.25) is 4.79 Å². The number of benzene rings is 1. The van der Waals surface area contributed by atoms with Crippen LogP contribution < -0.4 is 10.6 Å². The molecule has 0 radical (unpaired) electrons. The van der Waals surface area contributed by atoms with Gasteiger partial charge in [0.15, 0.2) is 0 Å². The number of nitrogens with zero attached hydrogens (tertiary/aromatic N) is 1. The molecule has 1 amide bonds. The summed E-state index contributed by atoms with van der Waals surface area (Å²) in [5, 5.41) is 0. The number of carbonyl (C=O) groups excluding carboxylic acids is 1. The fraction of sp³-hybridized carbons (Fsp3) is 0.417. The molecule has 1 saturated heterocycles. The first-order chi connectivity index (χ1) is 7.50. The highest BCUT2D eigenvalue weighted by Crippen LogP contribution is 2.29. The van der Waals surface area contributed by atoms with Crippen LogP contribution in [0.5, 0.6) is 0 Å². The summed E-state index contributed by atoms with van der Waals surface area (Å²) in [7, 11) is 0. The molecule has 1 aromatic carbocycles. The van der Waals surface area contributed by atoms with Crippen LogP contribution in [0.25, 0.3) is 0 Å². The highest BCUT2D eigenvalue weighted by atomic mass is 79.9. The molecule has 16 heavy (non-hydrogen) atoms. The van der Waals surface area contributed by atoms with Gasteiger partial charge in [0.1, 0.15) is 0 Å². The van der Waals surface area contributed by atoms with E-state index < -0.39 is 0 Å². The van der Waals surface area contributed by atoms with Crippen molar-refractivity contribution in [1.29, 1.82) is 0 Å². The minimum Gasteiger partial charge on any atom is -0.320 e. The highest BCUT2D eigenvalue weighted by molar-refractivity contribution is 9.10. The van der Waals surface area contributed by atoms with Gasteiger partial charge in [-0.2, -0.15) is 0 Å². The Bertz CT molecular complexity index is 422. The molecule has 0 aromatic heterocycles. The second-order valence-electron chi connectivity index (χ2n) is 4.28. The molecule has 1 heterocycles. The number of nitrogens with two attached hydrogens (primary N) is 1. The average molecular weight is 283 g/mol. The van der Waals surface area contributed by atoms with E-state index in [9.17, 15) is 4.79 Å². The summed E-state index contributed by atoms with van der Waals surface area (Å²) in [6, 6.07) is 3.71. The average Bonchev–Trinajstić information content (AvgIpc) is 2.56. The van der Waals surface area contributed by atoms with Gasteiger partial charge in [-0.1, -0.05) is 15.9 Å². The largest absolute Gasteiger partial charge is 0.320 e. The second-order valence-corrected chi connectivity index (χ2v) is 5.07. The van der Waals surface area contributed by atoms with Crippen LogP contribution in [0, 0.1) is 13.8 Å². The van der Waals surface area contributed by atoms with E-state index >= 15 is 0 Å². The molecule has 2 N–H and O–H groups in total. The van der Waals surface area contributed by atoms with Gasteiger partial charge in [0.2, 0.25) is 5.91 Å². The predicted molar refractivity (Wildman–Crippen MR) is 68.6 cm³/mol. The van der Waals surface area contributed by atoms with Crippen molar-refractivity contribution in [2.75, 3.05) is 11.4 Å². The van der Waals surface area contributed by atoms with Crippen LogP contribution in [-0.4, -0.2) is 18.5 Å².